The van der Waals surface area contributed by atoms with Crippen LogP contribution >= 0.6 is 0 Å². The maximum atomic E-state index is 11.6. The van der Waals surface area contributed by atoms with Gasteiger partial charge in [-0.1, -0.05) is 17.7 Å². The Hall–Kier alpha value is -3.42. The van der Waals surface area contributed by atoms with Crippen LogP contribution in [0.5, 0.6) is 11.5 Å². The van der Waals surface area contributed by atoms with E-state index in [9.17, 15) is 20.0 Å². The Kier molecular flexibility index (Phi) is 5.45. The molecule has 0 aliphatic carbocycles. The lowest BCUT2D eigenvalue weighted by Gasteiger charge is -2.05. The van der Waals surface area contributed by atoms with Gasteiger partial charge >= 0.3 is 0 Å². The van der Waals surface area contributed by atoms with E-state index in [1.54, 1.807) is 12.1 Å². The molecule has 0 saturated heterocycles. The van der Waals surface area contributed by atoms with Crippen LogP contribution in [0, 0.1) is 17.0 Å². The van der Waals surface area contributed by atoms with Crippen LogP contribution in [-0.4, -0.2) is 28.8 Å². The van der Waals surface area contributed by atoms with Crippen molar-refractivity contribution in [1.29, 1.82) is 0 Å². The van der Waals surface area contributed by atoms with E-state index >= 15 is 0 Å². The molecule has 0 unspecified atom stereocenters. The summed E-state index contributed by atoms with van der Waals surface area (Å²) in [4.78, 5) is 21.7. The highest BCUT2D eigenvalue weighted by molar-refractivity contribution is 5.86. The molecule has 0 aliphatic rings. The Labute approximate surface area is 137 Å². The summed E-state index contributed by atoms with van der Waals surface area (Å²) in [5, 5.41) is 23.9. The van der Waals surface area contributed by atoms with E-state index in [1.807, 2.05) is 19.1 Å². The molecule has 0 radical (unpaired) electrons. The molecule has 0 heterocycles. The van der Waals surface area contributed by atoms with Gasteiger partial charge in [0.05, 0.1) is 11.1 Å². The molecule has 8 heteroatoms. The van der Waals surface area contributed by atoms with Crippen LogP contribution in [0.15, 0.2) is 47.6 Å². The largest absolute Gasteiger partial charge is 0.507 e. The number of nitrogens with one attached hydrogen (secondary N) is 1. The zero-order valence-corrected chi connectivity index (χ0v) is 12.8. The topological polar surface area (TPSA) is 114 Å². The second kappa shape index (κ2) is 7.73. The molecule has 0 aliphatic heterocycles. The lowest BCUT2D eigenvalue weighted by molar-refractivity contribution is -0.384. The Morgan fingerprint density at radius 2 is 2.04 bits per heavy atom. The van der Waals surface area contributed by atoms with E-state index in [0.717, 1.165) is 17.8 Å². The van der Waals surface area contributed by atoms with Crippen molar-refractivity contribution in [3.8, 4) is 11.5 Å². The summed E-state index contributed by atoms with van der Waals surface area (Å²) in [5.74, 6) is -0.137. The van der Waals surface area contributed by atoms with Gasteiger partial charge in [0.15, 0.2) is 6.61 Å². The fourth-order valence-corrected chi connectivity index (χ4v) is 1.75. The Balaban J connectivity index is 1.89. The average molecular weight is 329 g/mol. The molecule has 2 rings (SSSR count). The minimum Gasteiger partial charge on any atom is -0.507 e. The van der Waals surface area contributed by atoms with Gasteiger partial charge in [-0.15, -0.1) is 0 Å². The lowest BCUT2D eigenvalue weighted by atomic mass is 10.2. The van der Waals surface area contributed by atoms with E-state index in [1.165, 1.54) is 12.1 Å². The third kappa shape index (κ3) is 4.80. The Morgan fingerprint density at radius 3 is 2.71 bits per heavy atom. The monoisotopic (exact) mass is 329 g/mol. The first-order chi connectivity index (χ1) is 11.5. The predicted octanol–water partition coefficient (Wildman–Crippen LogP) is 2.14. The highest BCUT2D eigenvalue weighted by Crippen LogP contribution is 2.21. The molecule has 124 valence electrons. The number of nitro groups is 1. The van der Waals surface area contributed by atoms with Gasteiger partial charge in [0.1, 0.15) is 11.5 Å². The van der Waals surface area contributed by atoms with Crippen LogP contribution in [0.4, 0.5) is 5.69 Å². The third-order valence-corrected chi connectivity index (χ3v) is 3.01. The first kappa shape index (κ1) is 16.9. The smallest absolute Gasteiger partial charge is 0.277 e. The summed E-state index contributed by atoms with van der Waals surface area (Å²) in [6.07, 6.45) is 1.12. The minimum atomic E-state index is -0.592. The van der Waals surface area contributed by atoms with Crippen molar-refractivity contribution in [2.45, 2.75) is 6.92 Å². The summed E-state index contributed by atoms with van der Waals surface area (Å²) >= 11 is 0. The van der Waals surface area contributed by atoms with Gasteiger partial charge in [-0.3, -0.25) is 14.9 Å². The number of aromatic hydroxyl groups is 1. The molecule has 0 fully saturated rings. The molecule has 0 spiro atoms. The molecule has 8 nitrogen and oxygen atoms in total. The third-order valence-electron chi connectivity index (χ3n) is 3.01. The fraction of sp³-hybridized carbons (Fsp3) is 0.125. The quantitative estimate of drug-likeness (QED) is 0.479. The number of carbonyl (C=O) groups is 1. The maximum absolute atomic E-state index is 11.6. The number of carbonyl (C=O) groups excluding carboxylic acids is 1. The molecule has 0 saturated carbocycles. The zero-order valence-electron chi connectivity index (χ0n) is 12.8. The van der Waals surface area contributed by atoms with Gasteiger partial charge in [-0.2, -0.15) is 5.10 Å². The molecule has 2 aromatic rings. The molecule has 0 aromatic heterocycles. The van der Waals surface area contributed by atoms with E-state index < -0.39 is 10.8 Å². The zero-order chi connectivity index (χ0) is 17.5. The van der Waals surface area contributed by atoms with Crippen LogP contribution in [0.25, 0.3) is 0 Å². The number of nitro benzene ring substituents is 1. The number of benzene rings is 2. The summed E-state index contributed by atoms with van der Waals surface area (Å²) in [6, 6.07) is 10.7. The molecular formula is C16H15N3O5. The Bertz CT molecular complexity index is 772. The van der Waals surface area contributed by atoms with Crippen LogP contribution in [-0.2, 0) is 4.79 Å². The van der Waals surface area contributed by atoms with Gasteiger partial charge < -0.3 is 9.84 Å². The predicted molar refractivity (Wildman–Crippen MR) is 87.2 cm³/mol. The summed E-state index contributed by atoms with van der Waals surface area (Å²) in [6.45, 7) is 1.70. The molecule has 2 N–H and O–H groups in total. The number of aryl methyl sites for hydroxylation is 1. The van der Waals surface area contributed by atoms with Gasteiger partial charge in [0.2, 0.25) is 0 Å². The van der Waals surface area contributed by atoms with E-state index in [-0.39, 0.29) is 23.6 Å². The lowest BCUT2D eigenvalue weighted by Crippen LogP contribution is -2.24. The van der Waals surface area contributed by atoms with Crippen molar-refractivity contribution >= 4 is 17.8 Å². The molecule has 0 bridgehead atoms. The van der Waals surface area contributed by atoms with E-state index in [4.69, 9.17) is 4.74 Å². The van der Waals surface area contributed by atoms with Crippen molar-refractivity contribution in [3.63, 3.8) is 0 Å². The van der Waals surface area contributed by atoms with E-state index in [2.05, 4.69) is 10.5 Å². The van der Waals surface area contributed by atoms with Crippen LogP contribution in [0.3, 0.4) is 0 Å². The average Bonchev–Trinajstić information content (AvgIpc) is 2.56. The molecule has 2 aromatic carbocycles. The van der Waals surface area contributed by atoms with Crippen molar-refractivity contribution in [2.75, 3.05) is 6.61 Å². The number of nitrogens with zero attached hydrogens (tertiary/aromatic N) is 2. The highest BCUT2D eigenvalue weighted by atomic mass is 16.6. The fourth-order valence-electron chi connectivity index (χ4n) is 1.75. The maximum Gasteiger partial charge on any atom is 0.277 e. The normalized spacial score (nSPS) is 10.5. The molecule has 0 atom stereocenters. The SMILES string of the molecule is Cc1ccc(OCC(=O)N/N=C/c2cc([N+](=O)[O-])ccc2O)cc1. The molecule has 1 amide bonds. The second-order valence-electron chi connectivity index (χ2n) is 4.90. The second-order valence-corrected chi connectivity index (χ2v) is 4.90. The number of hydrazone groups is 1. The number of non-ortho nitro benzene ring substituents is 1. The van der Waals surface area contributed by atoms with Gasteiger partial charge in [0.25, 0.3) is 11.6 Å². The van der Waals surface area contributed by atoms with Crippen molar-refractivity contribution in [2.24, 2.45) is 5.10 Å². The van der Waals surface area contributed by atoms with Gasteiger partial charge in [0, 0.05) is 17.7 Å². The van der Waals surface area contributed by atoms with Gasteiger partial charge in [-0.05, 0) is 25.1 Å². The first-order valence-corrected chi connectivity index (χ1v) is 6.94. The number of phenols is 1. The molecular weight excluding hydrogens is 314 g/mol. The summed E-state index contributed by atoms with van der Waals surface area (Å²) in [7, 11) is 0. The highest BCUT2D eigenvalue weighted by Gasteiger charge is 2.09. The minimum absolute atomic E-state index is 0.115. The summed E-state index contributed by atoms with van der Waals surface area (Å²) in [5.41, 5.74) is 3.21. The number of hydrogen-bond donors (Lipinski definition) is 2. The Morgan fingerprint density at radius 1 is 1.33 bits per heavy atom. The standard InChI is InChI=1S/C16H15N3O5/c1-11-2-5-14(6-3-11)24-10-16(21)18-17-9-12-8-13(19(22)23)4-7-15(12)20/h2-9,20H,10H2,1H3,(H,18,21)/b17-9+. The van der Waals surface area contributed by atoms with Crippen molar-refractivity contribution in [3.05, 3.63) is 63.7 Å². The van der Waals surface area contributed by atoms with Crippen LogP contribution in [0.1, 0.15) is 11.1 Å². The number of ether oxygens (including phenoxy) is 1. The van der Waals surface area contributed by atoms with Crippen LogP contribution in [0.2, 0.25) is 0 Å². The molecule has 24 heavy (non-hydrogen) atoms. The van der Waals surface area contributed by atoms with Gasteiger partial charge in [-0.25, -0.2) is 5.43 Å². The van der Waals surface area contributed by atoms with Crippen molar-refractivity contribution in [1.82, 2.24) is 5.43 Å². The first-order valence-electron chi connectivity index (χ1n) is 6.94. The van der Waals surface area contributed by atoms with Crippen molar-refractivity contribution < 1.29 is 19.6 Å². The summed E-state index contributed by atoms with van der Waals surface area (Å²) < 4.78 is 5.28. The number of amides is 1. The van der Waals surface area contributed by atoms with E-state index in [0.29, 0.717) is 5.75 Å². The van der Waals surface area contributed by atoms with Crippen LogP contribution < -0.4 is 10.2 Å². The number of hydrogen-bond acceptors (Lipinski definition) is 6. The number of rotatable bonds is 6. The number of phenolic OH excluding ortho intramolecular Hbond substituents is 1.